The number of rotatable bonds is 6. The highest BCUT2D eigenvalue weighted by Crippen LogP contribution is 2.48. The number of Topliss-reactive ketones (excluding diaryl/α,β-unsaturated/α-hetero) is 1. The minimum atomic E-state index is -2.86. The number of hydrogen-bond acceptors (Lipinski definition) is 3. The first-order chi connectivity index (χ1) is 15.9. The summed E-state index contributed by atoms with van der Waals surface area (Å²) in [6, 6.07) is 13.9. The molecule has 1 heterocycles. The molecular weight excluding hydrogens is 422 g/mol. The Balaban J connectivity index is 1.23. The lowest BCUT2D eigenvalue weighted by molar-refractivity contribution is -0.119. The molecule has 2 fully saturated rings. The first-order valence-corrected chi connectivity index (χ1v) is 11.5. The van der Waals surface area contributed by atoms with Gasteiger partial charge in [-0.2, -0.15) is 0 Å². The van der Waals surface area contributed by atoms with Crippen LogP contribution < -0.4 is 5.32 Å². The average molecular weight is 449 g/mol. The number of pyridine rings is 1. The highest BCUT2D eigenvalue weighted by atomic mass is 19.3. The number of carbonyl (C=O) groups is 2. The van der Waals surface area contributed by atoms with Crippen LogP contribution in [0.5, 0.6) is 0 Å². The van der Waals surface area contributed by atoms with Gasteiger partial charge in [-0.1, -0.05) is 36.8 Å². The van der Waals surface area contributed by atoms with Gasteiger partial charge in [0.05, 0.1) is 6.04 Å². The van der Waals surface area contributed by atoms with E-state index in [0.717, 1.165) is 28.3 Å². The van der Waals surface area contributed by atoms with Gasteiger partial charge in [0, 0.05) is 42.1 Å². The summed E-state index contributed by atoms with van der Waals surface area (Å²) in [7, 11) is 0. The molecule has 2 saturated carbocycles. The fraction of sp³-hybridized carbons (Fsp3) is 0.370. The highest BCUT2D eigenvalue weighted by Gasteiger charge is 2.44. The molecule has 5 rings (SSSR count). The topological polar surface area (TPSA) is 59.1 Å². The van der Waals surface area contributed by atoms with Gasteiger partial charge < -0.3 is 5.32 Å². The van der Waals surface area contributed by atoms with E-state index in [1.165, 1.54) is 0 Å². The van der Waals surface area contributed by atoms with Gasteiger partial charge >= 0.3 is 0 Å². The molecule has 2 aromatic carbocycles. The highest BCUT2D eigenvalue weighted by molar-refractivity contribution is 5.95. The van der Waals surface area contributed by atoms with Crippen molar-refractivity contribution in [2.75, 3.05) is 0 Å². The fourth-order valence-corrected chi connectivity index (χ4v) is 4.92. The summed E-state index contributed by atoms with van der Waals surface area (Å²) < 4.78 is 28.2. The Labute approximate surface area is 191 Å². The lowest BCUT2D eigenvalue weighted by Crippen LogP contribution is -2.49. The van der Waals surface area contributed by atoms with Crippen LogP contribution in [0.15, 0.2) is 60.9 Å². The van der Waals surface area contributed by atoms with Gasteiger partial charge in [0.1, 0.15) is 5.78 Å². The van der Waals surface area contributed by atoms with Crippen molar-refractivity contribution in [1.82, 2.24) is 10.3 Å². The Morgan fingerprint density at radius 2 is 1.94 bits per heavy atom. The molecule has 1 amide bonds. The van der Waals surface area contributed by atoms with Crippen LogP contribution in [-0.4, -0.2) is 28.6 Å². The quantitative estimate of drug-likeness (QED) is 0.545. The van der Waals surface area contributed by atoms with Crippen molar-refractivity contribution in [3.8, 4) is 0 Å². The summed E-state index contributed by atoms with van der Waals surface area (Å²) in [6.07, 6.45) is 5.96. The minimum absolute atomic E-state index is 0.0703. The van der Waals surface area contributed by atoms with Gasteiger partial charge in [0.2, 0.25) is 0 Å². The first-order valence-electron chi connectivity index (χ1n) is 11.5. The molecule has 1 aromatic heterocycles. The Hall–Kier alpha value is -3.15. The van der Waals surface area contributed by atoms with Crippen molar-refractivity contribution in [2.45, 2.75) is 56.4 Å². The fourth-order valence-electron chi connectivity index (χ4n) is 4.92. The van der Waals surface area contributed by atoms with Gasteiger partial charge in [0.25, 0.3) is 11.8 Å². The monoisotopic (exact) mass is 448 g/mol. The zero-order valence-electron chi connectivity index (χ0n) is 18.3. The van der Waals surface area contributed by atoms with Crippen molar-refractivity contribution in [2.24, 2.45) is 5.92 Å². The smallest absolute Gasteiger partial charge is 0.267 e. The molecule has 3 atom stereocenters. The van der Waals surface area contributed by atoms with Crippen LogP contribution in [0, 0.1) is 5.92 Å². The number of amides is 1. The van der Waals surface area contributed by atoms with E-state index in [2.05, 4.69) is 10.3 Å². The standard InChI is InChI=1S/C27H26F2N2O2/c28-27(29)10-2-1-6-25(27)31-26(33)20-5-3-4-19(14-20)22-15-23(22)24(32)13-17-7-8-21-16-30-11-9-18(21)12-17/h3-5,7-9,11-12,14,16,22-23,25H,1-2,6,10,13,15H2,(H,31,33)/t22-,23+,25?/m0/s1. The molecule has 3 aromatic rings. The number of carbonyl (C=O) groups excluding carboxylic acids is 2. The lowest BCUT2D eigenvalue weighted by atomic mass is 9.91. The molecule has 2 aliphatic carbocycles. The molecule has 0 aliphatic heterocycles. The van der Waals surface area contributed by atoms with Crippen LogP contribution in [0.1, 0.15) is 59.5 Å². The van der Waals surface area contributed by atoms with E-state index in [0.29, 0.717) is 31.2 Å². The van der Waals surface area contributed by atoms with Gasteiger partial charge in [0.15, 0.2) is 0 Å². The first kappa shape index (κ1) is 21.7. The van der Waals surface area contributed by atoms with Crippen LogP contribution in [-0.2, 0) is 11.2 Å². The summed E-state index contributed by atoms with van der Waals surface area (Å²) >= 11 is 0. The normalized spacial score (nSPS) is 23.8. The Morgan fingerprint density at radius 3 is 2.79 bits per heavy atom. The molecule has 0 saturated heterocycles. The Kier molecular flexibility index (Phi) is 5.69. The molecule has 0 radical (unpaired) electrons. The van der Waals surface area contributed by atoms with E-state index in [1.54, 1.807) is 30.6 Å². The zero-order chi connectivity index (χ0) is 23.0. The molecule has 170 valence electrons. The number of nitrogens with zero attached hydrogens (tertiary/aromatic N) is 1. The number of hydrogen-bond donors (Lipinski definition) is 1. The summed E-state index contributed by atoms with van der Waals surface area (Å²) in [5, 5.41) is 4.63. The minimum Gasteiger partial charge on any atom is -0.343 e. The predicted molar refractivity (Wildman–Crippen MR) is 122 cm³/mol. The van der Waals surface area contributed by atoms with E-state index < -0.39 is 17.9 Å². The maximum atomic E-state index is 14.1. The van der Waals surface area contributed by atoms with Gasteiger partial charge in [-0.25, -0.2) is 8.78 Å². The van der Waals surface area contributed by atoms with Crippen LogP contribution in [0.25, 0.3) is 10.8 Å². The maximum Gasteiger partial charge on any atom is 0.267 e. The molecule has 4 nitrogen and oxygen atoms in total. The van der Waals surface area contributed by atoms with E-state index in [-0.39, 0.29) is 24.0 Å². The molecule has 0 bridgehead atoms. The van der Waals surface area contributed by atoms with Crippen LogP contribution in [0.3, 0.4) is 0 Å². The number of benzene rings is 2. The molecule has 0 spiro atoms. The van der Waals surface area contributed by atoms with Crippen molar-refractivity contribution < 1.29 is 18.4 Å². The number of ketones is 1. The van der Waals surface area contributed by atoms with Crippen molar-refractivity contribution in [3.63, 3.8) is 0 Å². The number of aromatic nitrogens is 1. The molecule has 1 N–H and O–H groups in total. The largest absolute Gasteiger partial charge is 0.343 e. The second-order valence-electron chi connectivity index (χ2n) is 9.31. The number of fused-ring (bicyclic) bond motifs is 1. The second-order valence-corrected chi connectivity index (χ2v) is 9.31. The third-order valence-corrected chi connectivity index (χ3v) is 6.93. The lowest BCUT2D eigenvalue weighted by Gasteiger charge is -2.31. The maximum absolute atomic E-state index is 14.1. The third kappa shape index (κ3) is 4.65. The third-order valence-electron chi connectivity index (χ3n) is 6.93. The molecular formula is C27H26F2N2O2. The average Bonchev–Trinajstić information content (AvgIpc) is 3.62. The Morgan fingerprint density at radius 1 is 1.06 bits per heavy atom. The van der Waals surface area contributed by atoms with Crippen molar-refractivity contribution in [3.05, 3.63) is 77.6 Å². The Bertz CT molecular complexity index is 1210. The van der Waals surface area contributed by atoms with Gasteiger partial charge in [-0.3, -0.25) is 14.6 Å². The summed E-state index contributed by atoms with van der Waals surface area (Å²) in [6.45, 7) is 0. The van der Waals surface area contributed by atoms with Crippen molar-refractivity contribution >= 4 is 22.5 Å². The van der Waals surface area contributed by atoms with Crippen LogP contribution in [0.4, 0.5) is 8.78 Å². The molecule has 1 unspecified atom stereocenters. The van der Waals surface area contributed by atoms with Gasteiger partial charge in [-0.15, -0.1) is 0 Å². The predicted octanol–water partition coefficient (Wildman–Crippen LogP) is 5.46. The number of nitrogens with one attached hydrogen (secondary N) is 1. The summed E-state index contributed by atoms with van der Waals surface area (Å²) in [4.78, 5) is 29.6. The molecule has 33 heavy (non-hydrogen) atoms. The molecule has 6 heteroatoms. The summed E-state index contributed by atoms with van der Waals surface area (Å²) in [5.41, 5.74) is 2.27. The van der Waals surface area contributed by atoms with E-state index in [1.807, 2.05) is 30.3 Å². The number of halogens is 2. The second kappa shape index (κ2) is 8.65. The van der Waals surface area contributed by atoms with Crippen molar-refractivity contribution in [1.29, 1.82) is 0 Å². The van der Waals surface area contributed by atoms with Crippen LogP contribution in [0.2, 0.25) is 0 Å². The van der Waals surface area contributed by atoms with Gasteiger partial charge in [-0.05, 0) is 59.9 Å². The van der Waals surface area contributed by atoms with E-state index in [4.69, 9.17) is 0 Å². The molecule has 2 aliphatic rings. The SMILES string of the molecule is O=C(NC1CCCCC1(F)F)c1cccc([C@@H]2C[C@H]2C(=O)Cc2ccc3cnccc3c2)c1. The summed E-state index contributed by atoms with van der Waals surface area (Å²) in [5.74, 6) is -3.15. The zero-order valence-corrected chi connectivity index (χ0v) is 18.3. The van der Waals surface area contributed by atoms with E-state index in [9.17, 15) is 18.4 Å². The van der Waals surface area contributed by atoms with E-state index >= 15 is 0 Å². The van der Waals surface area contributed by atoms with Crippen LogP contribution >= 0.6 is 0 Å². The number of alkyl halides is 2.